The van der Waals surface area contributed by atoms with Gasteiger partial charge in [0, 0.05) is 22.3 Å². The molecule has 0 saturated heterocycles. The summed E-state index contributed by atoms with van der Waals surface area (Å²) in [7, 11) is -5.30. The zero-order valence-corrected chi connectivity index (χ0v) is 29.3. The van der Waals surface area contributed by atoms with Crippen molar-refractivity contribution in [3.8, 4) is 47.9 Å². The first-order valence-electron chi connectivity index (χ1n) is 12.8. The van der Waals surface area contributed by atoms with Crippen LogP contribution in [-0.4, -0.2) is 31.3 Å². The fourth-order valence-electron chi connectivity index (χ4n) is 3.24. The van der Waals surface area contributed by atoms with Gasteiger partial charge < -0.3 is 34.5 Å². The van der Waals surface area contributed by atoms with Crippen molar-refractivity contribution in [2.75, 3.05) is 13.2 Å². The topological polar surface area (TPSA) is 160 Å². The molecule has 40 heavy (non-hydrogen) atoms. The predicted molar refractivity (Wildman–Crippen MR) is 157 cm³/mol. The summed E-state index contributed by atoms with van der Waals surface area (Å²) in [5.74, 6) is 13.8. The molecule has 3 N–H and O–H groups in total. The van der Waals surface area contributed by atoms with E-state index < -0.39 is 39.1 Å². The molecule has 1 atom stereocenters. The molecule has 12 heteroatoms. The molecule has 9 nitrogen and oxygen atoms in total. The molecule has 0 aliphatic heterocycles. The van der Waals surface area contributed by atoms with Crippen molar-refractivity contribution in [2.24, 2.45) is 0 Å². The first kappa shape index (κ1) is 46.2. The van der Waals surface area contributed by atoms with Gasteiger partial charge >= 0.3 is 71.1 Å². The Kier molecular flexibility index (Phi) is 37.9. The molecule has 0 radical (unpaired) electrons. The number of hydrogen-bond acceptors (Lipinski definition) is 9. The molecule has 0 aromatic carbocycles. The van der Waals surface area contributed by atoms with Crippen LogP contribution in [0.15, 0.2) is 0 Å². The number of rotatable bonds is 20. The minimum absolute atomic E-state index is 0. The first-order valence-corrected chi connectivity index (χ1v) is 14.2. The van der Waals surface area contributed by atoms with Gasteiger partial charge in [0.15, 0.2) is 6.10 Å². The van der Waals surface area contributed by atoms with E-state index in [9.17, 15) is 23.9 Å². The van der Waals surface area contributed by atoms with E-state index in [0.29, 0.717) is 6.42 Å². The first-order chi connectivity index (χ1) is 17.8. The Morgan fingerprint density at radius 3 is 1.77 bits per heavy atom. The fraction of sp³-hybridized carbons (Fsp3) is 0.643. The van der Waals surface area contributed by atoms with E-state index >= 15 is 0 Å². The van der Waals surface area contributed by atoms with E-state index in [-0.39, 0.29) is 81.7 Å². The zero-order chi connectivity index (χ0) is 27.6. The normalized spacial score (nSPS) is 10.1. The molecule has 0 rings (SSSR count). The van der Waals surface area contributed by atoms with Crippen LogP contribution < -0.4 is 75.1 Å². The largest absolute Gasteiger partial charge is 1.00 e. The molecule has 226 valence electrons. The molecule has 0 bridgehead atoms. The monoisotopic (exact) mass is 609 g/mol. The van der Waals surface area contributed by atoms with Crippen LogP contribution in [0.1, 0.15) is 107 Å². The van der Waals surface area contributed by atoms with Crippen molar-refractivity contribution in [1.82, 2.24) is 6.15 Å². The van der Waals surface area contributed by atoms with Crippen LogP contribution >= 0.6 is 7.82 Å². The second kappa shape index (κ2) is 32.8. The van der Waals surface area contributed by atoms with Crippen molar-refractivity contribution < 1.29 is 107 Å². The Hall–Kier alpha value is -0.750. The van der Waals surface area contributed by atoms with E-state index in [1.54, 1.807) is 0 Å². The molecule has 0 amide bonds. The van der Waals surface area contributed by atoms with E-state index in [2.05, 4.69) is 52.9 Å². The number of unbranched alkanes of at least 4 members (excludes halogenated alkanes) is 12. The number of carbonyl (C=O) groups excluding carboxylic acids is 2. The van der Waals surface area contributed by atoms with Crippen LogP contribution in [0.4, 0.5) is 0 Å². The Morgan fingerprint density at radius 2 is 1.27 bits per heavy atom. The summed E-state index contributed by atoms with van der Waals surface area (Å²) in [5.41, 5.74) is 0. The summed E-state index contributed by atoms with van der Waals surface area (Å²) < 4.78 is 24.9. The van der Waals surface area contributed by atoms with Gasteiger partial charge in [-0.2, -0.15) is 0 Å². The average molecular weight is 610 g/mol. The number of phosphoric acid groups is 1. The third kappa shape index (κ3) is 35.3. The maximum absolute atomic E-state index is 12.1. The molecule has 0 aromatic rings. The summed E-state index contributed by atoms with van der Waals surface area (Å²) in [4.78, 5) is 45.3. The number of esters is 2. The molecule has 0 aliphatic carbocycles. The summed E-state index contributed by atoms with van der Waals surface area (Å²) >= 11 is 0. The van der Waals surface area contributed by atoms with Gasteiger partial charge in [0.2, 0.25) is 0 Å². The average Bonchev–Trinajstić information content (AvgIpc) is 2.85. The van der Waals surface area contributed by atoms with Crippen LogP contribution in [0.3, 0.4) is 0 Å². The summed E-state index contributed by atoms with van der Waals surface area (Å²) in [5, 5.41) is 0. The maximum Gasteiger partial charge on any atom is 1.00 e. The standard InChI is InChI=1S/C28H39O8P.H3N.2Na.7H2/c1-3-5-7-9-11-12-13-14-15-16-17-19-21-23-28(30)36-26(25-35-37(31,32)33)24-34-27(29)22-20-18-10-8-6-4-2;;;;;;;;;;/h2,26H,3,5,7,9,11-17,19,21,23-25H2,1H3,(H2,31,32,33);1H3;;;7*1H/q;;2*+1;;;;;;;/p-2/t26-;;;;;;;;;;/m1........../s1. The molecule has 0 fully saturated rings. The number of carbonyl (C=O) groups is 2. The van der Waals surface area contributed by atoms with Crippen LogP contribution in [0, 0.1) is 47.9 Å². The zero-order valence-electron chi connectivity index (χ0n) is 24.4. The Morgan fingerprint density at radius 1 is 0.800 bits per heavy atom. The summed E-state index contributed by atoms with van der Waals surface area (Å²) in [6.45, 7) is 0.914. The molecule has 0 aromatic heterocycles. The van der Waals surface area contributed by atoms with Crippen molar-refractivity contribution in [2.45, 2.75) is 103 Å². The third-order valence-corrected chi connectivity index (χ3v) is 5.55. The molecule has 0 spiro atoms. The van der Waals surface area contributed by atoms with Crippen molar-refractivity contribution >= 4 is 19.8 Å². The molecular weight excluding hydrogens is 555 g/mol. The van der Waals surface area contributed by atoms with Crippen molar-refractivity contribution in [3.05, 3.63) is 0 Å². The van der Waals surface area contributed by atoms with Gasteiger partial charge in [-0.1, -0.05) is 84.0 Å². The summed E-state index contributed by atoms with van der Waals surface area (Å²) in [6.07, 6.45) is 18.9. The number of hydrogen-bond donors (Lipinski definition) is 1. The maximum atomic E-state index is 12.1. The van der Waals surface area contributed by atoms with Gasteiger partial charge in [-0.05, 0) is 41.9 Å². The number of ether oxygens (including phenoxy) is 2. The smallest absolute Gasteiger partial charge is 0.790 e. The molecule has 0 saturated carbocycles. The fourth-order valence-corrected chi connectivity index (χ4v) is 3.59. The van der Waals surface area contributed by atoms with Crippen LogP contribution in [0.5, 0.6) is 0 Å². The van der Waals surface area contributed by atoms with Gasteiger partial charge in [-0.15, -0.1) is 6.42 Å². The van der Waals surface area contributed by atoms with E-state index in [1.807, 2.05) is 0 Å². The van der Waals surface area contributed by atoms with Crippen LogP contribution in [-0.2, 0) is 28.2 Å². The van der Waals surface area contributed by atoms with E-state index in [0.717, 1.165) is 19.3 Å². The molecular formula is C28H54NNa2O8P. The van der Waals surface area contributed by atoms with Crippen molar-refractivity contribution in [3.63, 3.8) is 0 Å². The van der Waals surface area contributed by atoms with Gasteiger partial charge in [-0.25, -0.2) is 4.79 Å². The number of phosphoric ester groups is 1. The minimum Gasteiger partial charge on any atom is -0.790 e. The quantitative estimate of drug-likeness (QED) is 0.0470. The molecule has 0 aliphatic rings. The van der Waals surface area contributed by atoms with E-state index in [4.69, 9.17) is 15.9 Å². The summed E-state index contributed by atoms with van der Waals surface area (Å²) in [6, 6.07) is 0. The Balaban J connectivity index is -0.000000144. The van der Waals surface area contributed by atoms with Gasteiger partial charge in [0.1, 0.15) is 6.61 Å². The van der Waals surface area contributed by atoms with Gasteiger partial charge in [0.25, 0.3) is 0 Å². The third-order valence-electron chi connectivity index (χ3n) is 5.09. The minimum atomic E-state index is -5.30. The SMILES string of the molecule is C#CC#CC#CC#CC(=O)OC[C@H](COP(=O)([O-])[O-])OC(=O)CCCCCCCCCCCCCCC.N.[HH].[HH].[HH].[HH].[HH].[HH].[HH].[Na+].[Na+]. The Labute approximate surface area is 295 Å². The molecule has 0 unspecified atom stereocenters. The number of terminal acetylenes is 1. The van der Waals surface area contributed by atoms with Gasteiger partial charge in [-0.3, -0.25) is 4.79 Å². The predicted octanol–water partition coefficient (Wildman–Crippen LogP) is -0.697. The Bertz CT molecular complexity index is 974. The molecule has 0 heterocycles. The second-order valence-corrected chi connectivity index (χ2v) is 9.49. The van der Waals surface area contributed by atoms with Crippen LogP contribution in [0.25, 0.3) is 0 Å². The van der Waals surface area contributed by atoms with Crippen molar-refractivity contribution in [1.29, 1.82) is 0 Å². The van der Waals surface area contributed by atoms with E-state index in [1.165, 1.54) is 57.8 Å². The van der Waals surface area contributed by atoms with Gasteiger partial charge in [0.05, 0.1) is 14.4 Å². The van der Waals surface area contributed by atoms with Crippen LogP contribution in [0.2, 0.25) is 0 Å². The second-order valence-electron chi connectivity index (χ2n) is 8.34.